The molecule has 2 aliphatic rings. The number of anilines is 2. The summed E-state index contributed by atoms with van der Waals surface area (Å²) >= 11 is 0. The maximum Gasteiger partial charge on any atom is 0.427 e. The lowest BCUT2D eigenvalue weighted by molar-refractivity contribution is -0.242. The van der Waals surface area contributed by atoms with E-state index < -0.39 is 69.1 Å². The van der Waals surface area contributed by atoms with Crippen molar-refractivity contribution in [3.05, 3.63) is 48.0 Å². The third kappa shape index (κ3) is 6.68. The number of hydrogen-bond donors (Lipinski definition) is 2. The fourth-order valence-electron chi connectivity index (χ4n) is 4.41. The van der Waals surface area contributed by atoms with Gasteiger partial charge in [-0.1, -0.05) is 6.07 Å². The summed E-state index contributed by atoms with van der Waals surface area (Å²) in [6, 6.07) is 6.45. The fraction of sp³-hybridized carbons (Fsp3) is 0.462. The van der Waals surface area contributed by atoms with Crippen molar-refractivity contribution in [2.75, 3.05) is 16.2 Å². The Kier molecular flexibility index (Phi) is 8.08. The van der Waals surface area contributed by atoms with Crippen LogP contribution in [-0.4, -0.2) is 50.0 Å². The van der Waals surface area contributed by atoms with Crippen LogP contribution in [0.2, 0.25) is 0 Å². The molecule has 16 heteroatoms. The zero-order chi connectivity index (χ0) is 31.3. The Bertz CT molecular complexity index is 1470. The summed E-state index contributed by atoms with van der Waals surface area (Å²) in [4.78, 5) is 23.3. The Hall–Kier alpha value is -3.69. The molecule has 1 aliphatic heterocycles. The van der Waals surface area contributed by atoms with Gasteiger partial charge in [0.25, 0.3) is 10.0 Å². The van der Waals surface area contributed by atoms with E-state index in [4.69, 9.17) is 4.74 Å². The van der Waals surface area contributed by atoms with Crippen LogP contribution in [0.25, 0.3) is 0 Å². The average molecular weight is 625 g/mol. The van der Waals surface area contributed by atoms with Gasteiger partial charge in [0.2, 0.25) is 5.60 Å². The van der Waals surface area contributed by atoms with E-state index >= 15 is 0 Å². The minimum atomic E-state index is -4.90. The molecule has 1 saturated carbocycles. The number of halogens is 6. The van der Waals surface area contributed by atoms with Crippen LogP contribution in [0.1, 0.15) is 38.7 Å². The summed E-state index contributed by atoms with van der Waals surface area (Å²) in [5.74, 6) is -2.17. The number of nitrogens with zero attached hydrogens (tertiary/aromatic N) is 1. The average Bonchev–Trinajstić information content (AvgIpc) is 3.70. The van der Waals surface area contributed by atoms with Crippen molar-refractivity contribution in [2.45, 2.75) is 62.1 Å². The predicted molar refractivity (Wildman–Crippen MR) is 136 cm³/mol. The number of hydrogen-bond acceptors (Lipinski definition) is 6. The highest BCUT2D eigenvalue weighted by Crippen LogP contribution is 2.44. The first-order valence-electron chi connectivity index (χ1n) is 12.6. The third-order valence-corrected chi connectivity index (χ3v) is 8.72. The second-order valence-corrected chi connectivity index (χ2v) is 12.4. The normalized spacial score (nSPS) is 18.5. The van der Waals surface area contributed by atoms with Gasteiger partial charge in [-0.05, 0) is 75.4 Å². The molecule has 2 atom stereocenters. The molecule has 0 unspecified atom stereocenters. The van der Waals surface area contributed by atoms with Crippen LogP contribution in [0.3, 0.4) is 0 Å². The molecule has 2 aromatic rings. The molecule has 230 valence electrons. The zero-order valence-electron chi connectivity index (χ0n) is 22.1. The van der Waals surface area contributed by atoms with Crippen molar-refractivity contribution in [1.82, 2.24) is 0 Å². The van der Waals surface area contributed by atoms with Gasteiger partial charge in [0, 0.05) is 5.69 Å². The van der Waals surface area contributed by atoms with Gasteiger partial charge < -0.3 is 14.6 Å². The molecule has 0 aromatic heterocycles. The minimum Gasteiger partial charge on any atom is -0.486 e. The van der Waals surface area contributed by atoms with Crippen molar-refractivity contribution in [3.63, 3.8) is 0 Å². The number of carbonyl (C=O) groups is 2. The smallest absolute Gasteiger partial charge is 0.427 e. The second-order valence-electron chi connectivity index (χ2n) is 10.5. The lowest BCUT2D eigenvalue weighted by Crippen LogP contribution is -2.45. The number of alkyl halides is 6. The largest absolute Gasteiger partial charge is 0.486 e. The fourth-order valence-corrected chi connectivity index (χ4v) is 5.95. The highest BCUT2D eigenvalue weighted by molar-refractivity contribution is 7.92. The van der Waals surface area contributed by atoms with Crippen LogP contribution in [0, 0.1) is 11.8 Å². The van der Waals surface area contributed by atoms with Crippen LogP contribution in [0.4, 0.5) is 42.5 Å². The Labute approximate surface area is 236 Å². The Balaban J connectivity index is 1.70. The predicted octanol–water partition coefficient (Wildman–Crippen LogP) is 6.05. The molecule has 1 fully saturated rings. The molecule has 4 rings (SSSR count). The lowest BCUT2D eigenvalue weighted by atomic mass is 9.95. The van der Waals surface area contributed by atoms with E-state index in [-0.39, 0.29) is 29.5 Å². The van der Waals surface area contributed by atoms with E-state index in [9.17, 15) is 49.5 Å². The lowest BCUT2D eigenvalue weighted by Gasteiger charge is -2.36. The first-order valence-corrected chi connectivity index (χ1v) is 14.0. The van der Waals surface area contributed by atoms with Crippen molar-refractivity contribution < 1.29 is 58.9 Å². The first-order chi connectivity index (χ1) is 19.3. The van der Waals surface area contributed by atoms with E-state index in [1.54, 1.807) is 0 Å². The topological polar surface area (TPSA) is 122 Å². The second kappa shape index (κ2) is 10.9. The van der Waals surface area contributed by atoms with Gasteiger partial charge in [-0.2, -0.15) is 26.3 Å². The van der Waals surface area contributed by atoms with E-state index in [2.05, 4.69) is 10.1 Å². The number of carboxylic acid groups (broad SMARTS) is 1. The van der Waals surface area contributed by atoms with Crippen molar-refractivity contribution >= 4 is 33.5 Å². The number of ether oxygens (including phenoxy) is 2. The monoisotopic (exact) mass is 624 g/mol. The van der Waals surface area contributed by atoms with E-state index in [0.717, 1.165) is 22.5 Å². The van der Waals surface area contributed by atoms with Crippen LogP contribution in [-0.2, 0) is 25.7 Å². The van der Waals surface area contributed by atoms with Gasteiger partial charge in [0.05, 0.1) is 28.6 Å². The number of carboxylic acids is 1. The molecular formula is C26H26F6N2O7S. The summed E-state index contributed by atoms with van der Waals surface area (Å²) < 4.78 is 118. The van der Waals surface area contributed by atoms with Crippen molar-refractivity contribution in [3.8, 4) is 5.75 Å². The summed E-state index contributed by atoms with van der Waals surface area (Å²) in [6.07, 6.45) is -11.0. The number of amides is 1. The van der Waals surface area contributed by atoms with Crippen molar-refractivity contribution in [2.24, 2.45) is 11.8 Å². The molecule has 42 heavy (non-hydrogen) atoms. The zero-order valence-corrected chi connectivity index (χ0v) is 22.9. The number of carbonyl (C=O) groups excluding carboxylic acids is 1. The minimum absolute atomic E-state index is 0.0904. The molecule has 0 radical (unpaired) electrons. The van der Waals surface area contributed by atoms with E-state index in [1.807, 2.05) is 0 Å². The van der Waals surface area contributed by atoms with Gasteiger partial charge in [0.15, 0.2) is 0 Å². The molecule has 9 nitrogen and oxygen atoms in total. The summed E-state index contributed by atoms with van der Waals surface area (Å²) in [7, 11) is -4.73. The maximum absolute atomic E-state index is 13.7. The van der Waals surface area contributed by atoms with Crippen LogP contribution in [0.15, 0.2) is 47.4 Å². The van der Waals surface area contributed by atoms with Gasteiger partial charge >= 0.3 is 24.4 Å². The molecular weight excluding hydrogens is 598 g/mol. The Morgan fingerprint density at radius 3 is 2.33 bits per heavy atom. The van der Waals surface area contributed by atoms with Gasteiger partial charge in [0.1, 0.15) is 11.9 Å². The molecule has 1 heterocycles. The van der Waals surface area contributed by atoms with Crippen LogP contribution >= 0.6 is 0 Å². The maximum atomic E-state index is 13.7. The number of rotatable bonds is 8. The number of aliphatic carboxylic acids is 1. The van der Waals surface area contributed by atoms with E-state index in [0.29, 0.717) is 38.8 Å². The summed E-state index contributed by atoms with van der Waals surface area (Å²) in [6.45, 7) is 0.767. The SMILES string of the molecule is CC(C)(OC(=O)Nc1ccc2c(c1)N(S(=O)(=O)c1cccc(C(F)(F)F)c1)C[C@H](C[C@@H](C(=O)O)C1CC1)O2)C(F)(F)F. The standard InChI is InChI=1S/C26H26F6N2O7S/c1-24(2,26(30,31)32)41-23(37)33-16-8-9-21-20(11-16)34(13-17(40-21)12-19(22(35)36)14-6-7-14)42(38,39)18-5-3-4-15(10-18)25(27,28)29/h3-5,8-11,14,17,19H,6-7,12-13H2,1-2H3,(H,33,37)(H,35,36)/t17-,19+/m0/s1. The Morgan fingerprint density at radius 1 is 1.10 bits per heavy atom. The Morgan fingerprint density at radius 2 is 1.76 bits per heavy atom. The van der Waals surface area contributed by atoms with Crippen LogP contribution in [0.5, 0.6) is 5.75 Å². The summed E-state index contributed by atoms with van der Waals surface area (Å²) in [5.41, 5.74) is -4.53. The van der Waals surface area contributed by atoms with Gasteiger partial charge in [-0.15, -0.1) is 0 Å². The van der Waals surface area contributed by atoms with Gasteiger partial charge in [-0.25, -0.2) is 13.2 Å². The van der Waals surface area contributed by atoms with Gasteiger partial charge in [-0.3, -0.25) is 14.4 Å². The van der Waals surface area contributed by atoms with Crippen molar-refractivity contribution in [1.29, 1.82) is 0 Å². The number of nitrogens with one attached hydrogen (secondary N) is 1. The number of sulfonamides is 1. The molecule has 0 saturated heterocycles. The third-order valence-electron chi connectivity index (χ3n) is 6.94. The summed E-state index contributed by atoms with van der Waals surface area (Å²) in [5, 5.41) is 11.7. The van der Waals surface area contributed by atoms with Crippen LogP contribution < -0.4 is 14.4 Å². The number of benzene rings is 2. The highest BCUT2D eigenvalue weighted by Gasteiger charge is 2.51. The molecule has 1 amide bonds. The molecule has 0 spiro atoms. The first kappa shape index (κ1) is 31.3. The molecule has 2 aromatic carbocycles. The molecule has 2 N–H and O–H groups in total. The molecule has 1 aliphatic carbocycles. The highest BCUT2D eigenvalue weighted by atomic mass is 32.2. The van der Waals surface area contributed by atoms with E-state index in [1.165, 1.54) is 12.1 Å². The quantitative estimate of drug-likeness (QED) is 0.343. The molecule has 0 bridgehead atoms. The number of fused-ring (bicyclic) bond motifs is 1.